The Kier molecular flexibility index (Phi) is 4.45. The lowest BCUT2D eigenvalue weighted by atomic mass is 9.89. The van der Waals surface area contributed by atoms with Gasteiger partial charge in [0.05, 0.1) is 5.56 Å². The first kappa shape index (κ1) is 18.3. The predicted molar refractivity (Wildman–Crippen MR) is 98.4 cm³/mol. The van der Waals surface area contributed by atoms with Crippen molar-refractivity contribution in [2.45, 2.75) is 25.6 Å². The second kappa shape index (κ2) is 6.82. The van der Waals surface area contributed by atoms with Gasteiger partial charge in [-0.15, -0.1) is 0 Å². The van der Waals surface area contributed by atoms with Crippen molar-refractivity contribution in [3.05, 3.63) is 77.4 Å². The lowest BCUT2D eigenvalue weighted by Crippen LogP contribution is -2.39. The monoisotopic (exact) mass is 385 g/mol. The molecule has 1 unspecified atom stereocenters. The summed E-state index contributed by atoms with van der Waals surface area (Å²) >= 11 is 0. The molecule has 28 heavy (non-hydrogen) atoms. The molecule has 144 valence electrons. The van der Waals surface area contributed by atoms with Gasteiger partial charge in [0.2, 0.25) is 5.91 Å². The summed E-state index contributed by atoms with van der Waals surface area (Å²) in [5.41, 5.74) is 2.86. The number of aromatic amines is 1. The number of carbonyl (C=O) groups excluding carboxylic acids is 1. The summed E-state index contributed by atoms with van der Waals surface area (Å²) in [6, 6.07) is 10.6. The maximum Gasteiger partial charge on any atom is 0.416 e. The third kappa shape index (κ3) is 3.28. The lowest BCUT2D eigenvalue weighted by molar-refractivity contribution is -0.137. The molecule has 7 heteroatoms. The van der Waals surface area contributed by atoms with Crippen LogP contribution in [-0.4, -0.2) is 27.3 Å². The van der Waals surface area contributed by atoms with Crippen LogP contribution in [0.15, 0.2) is 54.9 Å². The molecule has 4 rings (SSSR count). The van der Waals surface area contributed by atoms with E-state index in [1.807, 2.05) is 18.2 Å². The highest BCUT2D eigenvalue weighted by molar-refractivity contribution is 5.75. The fourth-order valence-corrected chi connectivity index (χ4v) is 3.71. The summed E-state index contributed by atoms with van der Waals surface area (Å²) in [5, 5.41) is 0. The fraction of sp³-hybridized carbons (Fsp3) is 0.238. The van der Waals surface area contributed by atoms with Gasteiger partial charge in [-0.3, -0.25) is 4.79 Å². The highest BCUT2D eigenvalue weighted by Gasteiger charge is 2.33. The minimum Gasteiger partial charge on any atom is -0.347 e. The Labute approximate surface area is 160 Å². The molecule has 2 aromatic carbocycles. The van der Waals surface area contributed by atoms with E-state index >= 15 is 0 Å². The van der Waals surface area contributed by atoms with E-state index in [0.29, 0.717) is 17.9 Å². The van der Waals surface area contributed by atoms with E-state index in [-0.39, 0.29) is 11.9 Å². The van der Waals surface area contributed by atoms with Crippen molar-refractivity contribution < 1.29 is 18.0 Å². The molecule has 0 aliphatic carbocycles. The number of alkyl halides is 3. The van der Waals surface area contributed by atoms with E-state index in [1.165, 1.54) is 19.1 Å². The molecule has 0 saturated heterocycles. The number of carbonyl (C=O) groups is 1. The lowest BCUT2D eigenvalue weighted by Gasteiger charge is -2.36. The quantitative estimate of drug-likeness (QED) is 0.702. The second-order valence-electron chi connectivity index (χ2n) is 6.83. The number of benzene rings is 2. The summed E-state index contributed by atoms with van der Waals surface area (Å²) in [4.78, 5) is 21.4. The molecule has 1 N–H and O–H groups in total. The molecule has 1 aromatic heterocycles. The fourth-order valence-electron chi connectivity index (χ4n) is 3.71. The SMILES string of the molecule is CC(=O)N1CCc2ccc(-c3ccc(C(F)(F)F)cc3)cc2C1c1ncc[nH]1. The van der Waals surface area contributed by atoms with Crippen LogP contribution in [0.25, 0.3) is 11.1 Å². The van der Waals surface area contributed by atoms with Gasteiger partial charge in [0.15, 0.2) is 0 Å². The summed E-state index contributed by atoms with van der Waals surface area (Å²) < 4.78 is 38.5. The largest absolute Gasteiger partial charge is 0.416 e. The minimum atomic E-state index is -4.36. The zero-order chi connectivity index (χ0) is 19.9. The number of hydrogen-bond acceptors (Lipinski definition) is 2. The average molecular weight is 385 g/mol. The van der Waals surface area contributed by atoms with Crippen LogP contribution in [0, 0.1) is 0 Å². The summed E-state index contributed by atoms with van der Waals surface area (Å²) in [6.07, 6.45) is -0.288. The normalized spacial score (nSPS) is 16.7. The molecule has 0 saturated carbocycles. The topological polar surface area (TPSA) is 49.0 Å². The first-order chi connectivity index (χ1) is 13.3. The molecule has 0 fully saturated rings. The molecular weight excluding hydrogens is 367 g/mol. The highest BCUT2D eigenvalue weighted by Crippen LogP contribution is 2.37. The molecule has 3 aromatic rings. The van der Waals surface area contributed by atoms with E-state index in [1.54, 1.807) is 17.3 Å². The number of H-pyrrole nitrogens is 1. The van der Waals surface area contributed by atoms with Crippen molar-refractivity contribution >= 4 is 5.91 Å². The number of amides is 1. The zero-order valence-electron chi connectivity index (χ0n) is 15.1. The number of nitrogens with zero attached hydrogens (tertiary/aromatic N) is 2. The molecule has 1 aliphatic heterocycles. The number of aromatic nitrogens is 2. The summed E-state index contributed by atoms with van der Waals surface area (Å²) in [5.74, 6) is 0.618. The van der Waals surface area contributed by atoms with Gasteiger partial charge in [-0.05, 0) is 46.9 Å². The van der Waals surface area contributed by atoms with Crippen LogP contribution in [0.5, 0.6) is 0 Å². The molecule has 0 spiro atoms. The standard InChI is InChI=1S/C21H18F3N3O/c1-13(28)27-11-8-15-2-3-16(12-18(15)19(27)20-25-9-10-26-20)14-4-6-17(7-5-14)21(22,23)24/h2-7,9-10,12,19H,8,11H2,1H3,(H,25,26). The number of imidazole rings is 1. The maximum absolute atomic E-state index is 12.8. The number of nitrogens with one attached hydrogen (secondary N) is 1. The number of fused-ring (bicyclic) bond motifs is 1. The van der Waals surface area contributed by atoms with E-state index in [0.717, 1.165) is 35.2 Å². The van der Waals surface area contributed by atoms with Gasteiger partial charge in [-0.1, -0.05) is 24.3 Å². The van der Waals surface area contributed by atoms with Crippen LogP contribution in [0.3, 0.4) is 0 Å². The summed E-state index contributed by atoms with van der Waals surface area (Å²) in [6.45, 7) is 2.12. The van der Waals surface area contributed by atoms with Gasteiger partial charge in [0.1, 0.15) is 11.9 Å². The van der Waals surface area contributed by atoms with Crippen molar-refractivity contribution in [3.63, 3.8) is 0 Å². The van der Waals surface area contributed by atoms with Crippen LogP contribution < -0.4 is 0 Å². The maximum atomic E-state index is 12.8. The molecule has 4 nitrogen and oxygen atoms in total. The Bertz CT molecular complexity index is 995. The highest BCUT2D eigenvalue weighted by atomic mass is 19.4. The van der Waals surface area contributed by atoms with E-state index in [9.17, 15) is 18.0 Å². The Morgan fingerprint density at radius 3 is 2.46 bits per heavy atom. The van der Waals surface area contributed by atoms with Crippen LogP contribution in [0.1, 0.15) is 35.5 Å². The molecule has 0 bridgehead atoms. The third-order valence-corrected chi connectivity index (χ3v) is 5.10. The van der Waals surface area contributed by atoms with E-state index in [2.05, 4.69) is 9.97 Å². The van der Waals surface area contributed by atoms with Crippen molar-refractivity contribution in [1.82, 2.24) is 14.9 Å². The van der Waals surface area contributed by atoms with Crippen molar-refractivity contribution in [2.24, 2.45) is 0 Å². The van der Waals surface area contributed by atoms with Crippen molar-refractivity contribution in [3.8, 4) is 11.1 Å². The number of rotatable bonds is 2. The average Bonchev–Trinajstić information content (AvgIpc) is 3.20. The Balaban J connectivity index is 1.77. The third-order valence-electron chi connectivity index (χ3n) is 5.10. The Morgan fingerprint density at radius 2 is 1.86 bits per heavy atom. The molecule has 1 amide bonds. The summed E-state index contributed by atoms with van der Waals surface area (Å²) in [7, 11) is 0. The second-order valence-corrected chi connectivity index (χ2v) is 6.83. The van der Waals surface area contributed by atoms with Gasteiger partial charge in [0, 0.05) is 25.9 Å². The van der Waals surface area contributed by atoms with Crippen LogP contribution in [-0.2, 0) is 17.4 Å². The Hall–Kier alpha value is -3.09. The molecule has 1 aliphatic rings. The van der Waals surface area contributed by atoms with Crippen molar-refractivity contribution in [2.75, 3.05) is 6.54 Å². The minimum absolute atomic E-state index is 0.0491. The van der Waals surface area contributed by atoms with Gasteiger partial charge in [-0.2, -0.15) is 13.2 Å². The molecular formula is C21H18F3N3O. The van der Waals surface area contributed by atoms with Crippen LogP contribution >= 0.6 is 0 Å². The molecule has 0 radical (unpaired) electrons. The van der Waals surface area contributed by atoms with E-state index in [4.69, 9.17) is 0 Å². The smallest absolute Gasteiger partial charge is 0.347 e. The van der Waals surface area contributed by atoms with Crippen molar-refractivity contribution in [1.29, 1.82) is 0 Å². The van der Waals surface area contributed by atoms with Crippen LogP contribution in [0.2, 0.25) is 0 Å². The van der Waals surface area contributed by atoms with Gasteiger partial charge >= 0.3 is 6.18 Å². The van der Waals surface area contributed by atoms with Gasteiger partial charge in [0.25, 0.3) is 0 Å². The first-order valence-corrected chi connectivity index (χ1v) is 8.91. The Morgan fingerprint density at radius 1 is 1.14 bits per heavy atom. The van der Waals surface area contributed by atoms with Crippen LogP contribution in [0.4, 0.5) is 13.2 Å². The zero-order valence-corrected chi connectivity index (χ0v) is 15.1. The first-order valence-electron chi connectivity index (χ1n) is 8.91. The van der Waals surface area contributed by atoms with Gasteiger partial charge < -0.3 is 9.88 Å². The predicted octanol–water partition coefficient (Wildman–Crippen LogP) is 4.59. The number of hydrogen-bond donors (Lipinski definition) is 1. The molecule has 1 atom stereocenters. The molecule has 2 heterocycles. The van der Waals surface area contributed by atoms with E-state index < -0.39 is 11.7 Å². The number of halogens is 3. The van der Waals surface area contributed by atoms with Gasteiger partial charge in [-0.25, -0.2) is 4.98 Å².